The smallest absolute Gasteiger partial charge is 0.258 e. The average molecular weight is 456 g/mol. The lowest BCUT2D eigenvalue weighted by Crippen LogP contribution is -2.45. The van der Waals surface area contributed by atoms with E-state index in [1.165, 1.54) is 17.7 Å². The lowest BCUT2D eigenvalue weighted by Gasteiger charge is -2.40. The molecule has 1 spiro atoms. The van der Waals surface area contributed by atoms with Crippen molar-refractivity contribution in [1.82, 2.24) is 4.90 Å². The van der Waals surface area contributed by atoms with Crippen LogP contribution in [0.1, 0.15) is 39.9 Å². The molecule has 0 aliphatic carbocycles. The molecular formula is C28H26FN3O2. The van der Waals surface area contributed by atoms with Crippen molar-refractivity contribution in [1.29, 1.82) is 5.26 Å². The van der Waals surface area contributed by atoms with Gasteiger partial charge in [0, 0.05) is 29.8 Å². The highest BCUT2D eigenvalue weighted by Gasteiger charge is 2.46. The molecule has 5 nitrogen and oxygen atoms in total. The maximum absolute atomic E-state index is 13.4. The molecule has 34 heavy (non-hydrogen) atoms. The van der Waals surface area contributed by atoms with Crippen LogP contribution in [0, 0.1) is 17.1 Å². The van der Waals surface area contributed by atoms with Gasteiger partial charge >= 0.3 is 0 Å². The Hall–Kier alpha value is -3.69. The van der Waals surface area contributed by atoms with Crippen molar-refractivity contribution in [3.63, 3.8) is 0 Å². The summed E-state index contributed by atoms with van der Waals surface area (Å²) in [6.45, 7) is 3.27. The number of rotatable bonds is 4. The number of hydrogen-bond acceptors (Lipinski definition) is 4. The third kappa shape index (κ3) is 4.04. The number of benzene rings is 3. The molecule has 0 atom stereocenters. The van der Waals surface area contributed by atoms with E-state index in [4.69, 9.17) is 10.00 Å². The van der Waals surface area contributed by atoms with Gasteiger partial charge < -0.3 is 9.64 Å². The van der Waals surface area contributed by atoms with Crippen molar-refractivity contribution in [2.75, 3.05) is 31.6 Å². The van der Waals surface area contributed by atoms with E-state index in [2.05, 4.69) is 17.0 Å². The second-order valence-corrected chi connectivity index (χ2v) is 9.15. The first-order chi connectivity index (χ1) is 16.5. The third-order valence-electron chi connectivity index (χ3n) is 7.17. The van der Waals surface area contributed by atoms with Gasteiger partial charge in [0.1, 0.15) is 11.6 Å². The molecular weight excluding hydrogens is 429 g/mol. The zero-order valence-electron chi connectivity index (χ0n) is 19.1. The van der Waals surface area contributed by atoms with E-state index in [9.17, 15) is 9.18 Å². The number of halogens is 1. The Balaban J connectivity index is 1.38. The molecule has 2 aliphatic rings. The van der Waals surface area contributed by atoms with Crippen molar-refractivity contribution in [3.05, 3.63) is 94.8 Å². The molecule has 1 fully saturated rings. The minimum atomic E-state index is -0.353. The van der Waals surface area contributed by atoms with Crippen molar-refractivity contribution >= 4 is 11.6 Å². The summed E-state index contributed by atoms with van der Waals surface area (Å²) in [5.74, 6) is 0.326. The molecule has 1 saturated heterocycles. The molecule has 172 valence electrons. The highest BCUT2D eigenvalue weighted by Crippen LogP contribution is 2.48. The third-order valence-corrected chi connectivity index (χ3v) is 7.17. The summed E-state index contributed by atoms with van der Waals surface area (Å²) >= 11 is 0. The second-order valence-electron chi connectivity index (χ2n) is 9.15. The van der Waals surface area contributed by atoms with Crippen LogP contribution in [-0.2, 0) is 12.0 Å². The fourth-order valence-electron chi connectivity index (χ4n) is 5.21. The number of nitrogens with zero attached hydrogens (tertiary/aromatic N) is 3. The Morgan fingerprint density at radius 2 is 1.76 bits per heavy atom. The van der Waals surface area contributed by atoms with E-state index < -0.39 is 0 Å². The number of hydrogen-bond donors (Lipinski definition) is 0. The van der Waals surface area contributed by atoms with E-state index in [-0.39, 0.29) is 17.1 Å². The molecule has 0 saturated carbocycles. The van der Waals surface area contributed by atoms with Gasteiger partial charge in [-0.1, -0.05) is 12.1 Å². The van der Waals surface area contributed by atoms with E-state index in [0.717, 1.165) is 49.5 Å². The Morgan fingerprint density at radius 3 is 2.41 bits per heavy atom. The van der Waals surface area contributed by atoms with Gasteiger partial charge in [-0.05, 0) is 91.7 Å². The lowest BCUT2D eigenvalue weighted by atomic mass is 9.74. The lowest BCUT2D eigenvalue weighted by molar-refractivity contribution is 0.0975. The summed E-state index contributed by atoms with van der Waals surface area (Å²) in [7, 11) is 1.66. The molecule has 0 N–H and O–H groups in total. The standard InChI is InChI=1S/C28H26FN3O2/c1-34-24-10-11-26-25(16-24)28(19-32(26)27(33)22-6-8-23(29)9-7-22)12-14-31(15-13-28)18-21-4-2-20(17-30)3-5-21/h2-11,16H,12-15,18-19H2,1H3. The molecule has 3 aromatic carbocycles. The van der Waals surface area contributed by atoms with E-state index in [0.29, 0.717) is 17.7 Å². The summed E-state index contributed by atoms with van der Waals surface area (Å²) in [5.41, 5.74) is 4.27. The molecule has 2 heterocycles. The number of amides is 1. The van der Waals surface area contributed by atoms with Crippen molar-refractivity contribution < 1.29 is 13.9 Å². The van der Waals surface area contributed by atoms with E-state index in [1.54, 1.807) is 19.2 Å². The van der Waals surface area contributed by atoms with E-state index in [1.807, 2.05) is 41.3 Å². The molecule has 3 aromatic rings. The molecule has 0 bridgehead atoms. The molecule has 1 amide bonds. The number of carbonyl (C=O) groups excluding carboxylic acids is 1. The van der Waals surface area contributed by atoms with Crippen molar-refractivity contribution in [2.24, 2.45) is 0 Å². The molecule has 5 rings (SSSR count). The number of fused-ring (bicyclic) bond motifs is 2. The maximum Gasteiger partial charge on any atom is 0.258 e. The van der Waals surface area contributed by atoms with Crippen LogP contribution in [0.3, 0.4) is 0 Å². The predicted octanol–water partition coefficient (Wildman–Crippen LogP) is 4.90. The molecule has 2 aliphatic heterocycles. The van der Waals surface area contributed by atoms with Crippen LogP contribution < -0.4 is 9.64 Å². The largest absolute Gasteiger partial charge is 0.497 e. The first kappa shape index (κ1) is 22.1. The number of nitriles is 1. The number of methoxy groups -OCH3 is 1. The normalized spacial score (nSPS) is 16.8. The van der Waals surface area contributed by atoms with Crippen molar-refractivity contribution in [2.45, 2.75) is 24.8 Å². The maximum atomic E-state index is 13.4. The average Bonchev–Trinajstić information content (AvgIpc) is 3.19. The Morgan fingerprint density at radius 1 is 1.06 bits per heavy atom. The van der Waals surface area contributed by atoms with E-state index >= 15 is 0 Å². The van der Waals surface area contributed by atoms with Crippen LogP contribution in [0.25, 0.3) is 0 Å². The van der Waals surface area contributed by atoms with Crippen LogP contribution in [0.2, 0.25) is 0 Å². The minimum absolute atomic E-state index is 0.108. The summed E-state index contributed by atoms with van der Waals surface area (Å²) < 4.78 is 18.9. The van der Waals surface area contributed by atoms with Crippen LogP contribution in [0.15, 0.2) is 66.7 Å². The van der Waals surface area contributed by atoms with Gasteiger partial charge in [0.25, 0.3) is 5.91 Å². The summed E-state index contributed by atoms with van der Waals surface area (Å²) in [6, 6.07) is 21.6. The summed E-state index contributed by atoms with van der Waals surface area (Å²) in [5, 5.41) is 9.02. The predicted molar refractivity (Wildman–Crippen MR) is 128 cm³/mol. The van der Waals surface area contributed by atoms with Crippen LogP contribution in [-0.4, -0.2) is 37.6 Å². The van der Waals surface area contributed by atoms with Gasteiger partial charge in [0.2, 0.25) is 0 Å². The van der Waals surface area contributed by atoms with Crippen LogP contribution in [0.4, 0.5) is 10.1 Å². The monoisotopic (exact) mass is 455 g/mol. The minimum Gasteiger partial charge on any atom is -0.497 e. The van der Waals surface area contributed by atoms with Crippen LogP contribution in [0.5, 0.6) is 5.75 Å². The number of piperidine rings is 1. The topological polar surface area (TPSA) is 56.6 Å². The van der Waals surface area contributed by atoms with Gasteiger partial charge in [-0.25, -0.2) is 4.39 Å². The number of likely N-dealkylation sites (tertiary alicyclic amines) is 1. The van der Waals surface area contributed by atoms with Gasteiger partial charge in [-0.15, -0.1) is 0 Å². The van der Waals surface area contributed by atoms with Crippen molar-refractivity contribution in [3.8, 4) is 11.8 Å². The van der Waals surface area contributed by atoms with Gasteiger partial charge in [-0.2, -0.15) is 5.26 Å². The van der Waals surface area contributed by atoms with Gasteiger partial charge in [0.05, 0.1) is 18.7 Å². The van der Waals surface area contributed by atoms with Crippen LogP contribution >= 0.6 is 0 Å². The number of carbonyl (C=O) groups is 1. The zero-order chi connectivity index (χ0) is 23.7. The fourth-order valence-corrected chi connectivity index (χ4v) is 5.21. The zero-order valence-corrected chi connectivity index (χ0v) is 19.1. The first-order valence-corrected chi connectivity index (χ1v) is 11.5. The molecule has 0 aromatic heterocycles. The number of ether oxygens (including phenoxy) is 1. The summed E-state index contributed by atoms with van der Waals surface area (Å²) in [6.07, 6.45) is 1.85. The number of anilines is 1. The Kier molecular flexibility index (Phi) is 5.80. The Bertz CT molecular complexity index is 1240. The Labute approximate surface area is 199 Å². The summed E-state index contributed by atoms with van der Waals surface area (Å²) in [4.78, 5) is 17.7. The fraction of sp³-hybridized carbons (Fsp3) is 0.286. The molecule has 0 unspecified atom stereocenters. The molecule has 6 heteroatoms. The quantitative estimate of drug-likeness (QED) is 0.562. The SMILES string of the molecule is COc1ccc2c(c1)C1(CCN(Cc3ccc(C#N)cc3)CC1)CN2C(=O)c1ccc(F)cc1. The molecule has 0 radical (unpaired) electrons. The van der Waals surface area contributed by atoms with Gasteiger partial charge in [-0.3, -0.25) is 9.69 Å². The second kappa shape index (κ2) is 8.92. The highest BCUT2D eigenvalue weighted by molar-refractivity contribution is 6.07. The highest BCUT2D eigenvalue weighted by atomic mass is 19.1. The van der Waals surface area contributed by atoms with Gasteiger partial charge in [0.15, 0.2) is 0 Å². The first-order valence-electron chi connectivity index (χ1n) is 11.5.